The number of Topliss-reactive ketones (excluding diaryl/α,β-unsaturated/α-hetero) is 1. The molecule has 1 aromatic rings. The SMILES string of the molecule is COCCCn1c(=O)n(CCCOC)c(=O)n(CCC(C)=O)c1=O. The number of ketones is 1. The molecule has 0 unspecified atom stereocenters. The molecule has 0 aliphatic heterocycles. The van der Waals surface area contributed by atoms with Crippen molar-refractivity contribution in [2.45, 2.75) is 45.8 Å². The summed E-state index contributed by atoms with van der Waals surface area (Å²) in [7, 11) is 3.05. The van der Waals surface area contributed by atoms with Crippen LogP contribution in [0.2, 0.25) is 0 Å². The first-order valence-electron chi connectivity index (χ1n) is 7.85. The molecule has 0 atom stereocenters. The molecular formula is C15H25N3O6. The molecule has 0 fully saturated rings. The van der Waals surface area contributed by atoms with Crippen LogP contribution in [0.4, 0.5) is 0 Å². The Morgan fingerprint density at radius 3 is 1.50 bits per heavy atom. The largest absolute Gasteiger partial charge is 0.385 e. The van der Waals surface area contributed by atoms with Crippen molar-refractivity contribution >= 4 is 5.78 Å². The summed E-state index contributed by atoms with van der Waals surface area (Å²) in [5, 5.41) is 0. The minimum absolute atomic E-state index is 0.0398. The summed E-state index contributed by atoms with van der Waals surface area (Å²) < 4.78 is 12.9. The maximum atomic E-state index is 12.5. The molecule has 9 heteroatoms. The van der Waals surface area contributed by atoms with Gasteiger partial charge in [0.15, 0.2) is 0 Å². The van der Waals surface area contributed by atoms with E-state index in [-0.39, 0.29) is 31.8 Å². The fourth-order valence-corrected chi connectivity index (χ4v) is 2.26. The first kappa shape index (κ1) is 20.0. The van der Waals surface area contributed by atoms with Crippen LogP contribution in [0.15, 0.2) is 14.4 Å². The Bertz CT molecular complexity index is 667. The van der Waals surface area contributed by atoms with Gasteiger partial charge in [0.2, 0.25) is 0 Å². The molecule has 0 radical (unpaired) electrons. The van der Waals surface area contributed by atoms with Gasteiger partial charge in [0, 0.05) is 53.5 Å². The normalized spacial score (nSPS) is 11.0. The smallest absolute Gasteiger partial charge is 0.336 e. The zero-order valence-electron chi connectivity index (χ0n) is 14.4. The van der Waals surface area contributed by atoms with Gasteiger partial charge in [-0.05, 0) is 19.8 Å². The van der Waals surface area contributed by atoms with Gasteiger partial charge in [0.1, 0.15) is 5.78 Å². The number of hydrogen-bond donors (Lipinski definition) is 0. The lowest BCUT2D eigenvalue weighted by atomic mass is 10.3. The summed E-state index contributed by atoms with van der Waals surface area (Å²) in [4.78, 5) is 48.5. The van der Waals surface area contributed by atoms with Crippen LogP contribution in [-0.4, -0.2) is 46.9 Å². The maximum absolute atomic E-state index is 12.5. The highest BCUT2D eigenvalue weighted by atomic mass is 16.5. The van der Waals surface area contributed by atoms with Gasteiger partial charge in [-0.15, -0.1) is 0 Å². The van der Waals surface area contributed by atoms with Crippen LogP contribution < -0.4 is 17.1 Å². The van der Waals surface area contributed by atoms with Crippen molar-refractivity contribution in [1.82, 2.24) is 13.7 Å². The van der Waals surface area contributed by atoms with Gasteiger partial charge in [0.05, 0.1) is 0 Å². The number of hydrogen-bond acceptors (Lipinski definition) is 6. The summed E-state index contributed by atoms with van der Waals surface area (Å²) in [5.74, 6) is -0.135. The molecule has 0 saturated heterocycles. The average Bonchev–Trinajstić information content (AvgIpc) is 2.53. The van der Waals surface area contributed by atoms with Crippen molar-refractivity contribution in [3.63, 3.8) is 0 Å². The predicted octanol–water partition coefficient (Wildman–Crippen LogP) is -0.776. The quantitative estimate of drug-likeness (QED) is 0.489. The minimum Gasteiger partial charge on any atom is -0.385 e. The molecule has 1 heterocycles. The molecule has 0 aromatic carbocycles. The lowest BCUT2D eigenvalue weighted by molar-refractivity contribution is -0.117. The average molecular weight is 343 g/mol. The lowest BCUT2D eigenvalue weighted by Gasteiger charge is -2.13. The number of ether oxygens (including phenoxy) is 2. The lowest BCUT2D eigenvalue weighted by Crippen LogP contribution is -2.54. The first-order chi connectivity index (χ1) is 11.4. The van der Waals surface area contributed by atoms with E-state index in [1.54, 1.807) is 0 Å². The third kappa shape index (κ3) is 5.27. The Morgan fingerprint density at radius 1 is 0.792 bits per heavy atom. The highest BCUT2D eigenvalue weighted by Crippen LogP contribution is 1.89. The molecule has 0 amide bonds. The Morgan fingerprint density at radius 2 is 1.17 bits per heavy atom. The predicted molar refractivity (Wildman–Crippen MR) is 87.5 cm³/mol. The summed E-state index contributed by atoms with van der Waals surface area (Å²) in [6.07, 6.45) is 0.993. The molecule has 9 nitrogen and oxygen atoms in total. The molecule has 24 heavy (non-hydrogen) atoms. The number of aromatic nitrogens is 3. The molecule has 0 spiro atoms. The van der Waals surface area contributed by atoms with Crippen LogP contribution in [0.1, 0.15) is 26.2 Å². The number of rotatable bonds is 11. The summed E-state index contributed by atoms with van der Waals surface area (Å²) in [5.41, 5.74) is -2.02. The molecule has 1 aromatic heterocycles. The monoisotopic (exact) mass is 343 g/mol. The molecule has 0 saturated carbocycles. The van der Waals surface area contributed by atoms with E-state index in [1.165, 1.54) is 21.1 Å². The van der Waals surface area contributed by atoms with Crippen molar-refractivity contribution in [2.75, 3.05) is 27.4 Å². The Kier molecular flexibility index (Phi) is 8.34. The van der Waals surface area contributed by atoms with Crippen molar-refractivity contribution < 1.29 is 14.3 Å². The van der Waals surface area contributed by atoms with E-state index in [9.17, 15) is 19.2 Å². The number of methoxy groups -OCH3 is 2. The van der Waals surface area contributed by atoms with Crippen molar-refractivity contribution in [3.05, 3.63) is 31.5 Å². The van der Waals surface area contributed by atoms with Gasteiger partial charge < -0.3 is 9.47 Å². The molecule has 0 bridgehead atoms. The highest BCUT2D eigenvalue weighted by molar-refractivity contribution is 5.75. The number of nitrogens with zero attached hydrogens (tertiary/aromatic N) is 3. The van der Waals surface area contributed by atoms with Crippen molar-refractivity contribution in [2.24, 2.45) is 0 Å². The molecule has 136 valence electrons. The fourth-order valence-electron chi connectivity index (χ4n) is 2.26. The zero-order chi connectivity index (χ0) is 18.1. The second-order valence-corrected chi connectivity index (χ2v) is 5.45. The van der Waals surface area contributed by atoms with Crippen LogP contribution in [0.3, 0.4) is 0 Å². The van der Waals surface area contributed by atoms with E-state index in [2.05, 4.69) is 0 Å². The number of carbonyl (C=O) groups is 1. The van der Waals surface area contributed by atoms with E-state index >= 15 is 0 Å². The van der Waals surface area contributed by atoms with Gasteiger partial charge in [-0.2, -0.15) is 0 Å². The first-order valence-corrected chi connectivity index (χ1v) is 7.85. The van der Waals surface area contributed by atoms with Crippen LogP contribution >= 0.6 is 0 Å². The van der Waals surface area contributed by atoms with E-state index < -0.39 is 17.1 Å². The van der Waals surface area contributed by atoms with Gasteiger partial charge in [0.25, 0.3) is 0 Å². The molecule has 0 aliphatic carbocycles. The van der Waals surface area contributed by atoms with Gasteiger partial charge in [-0.3, -0.25) is 4.79 Å². The summed E-state index contributed by atoms with van der Waals surface area (Å²) >= 11 is 0. The van der Waals surface area contributed by atoms with E-state index in [0.717, 1.165) is 13.7 Å². The Hall–Kier alpha value is -2.00. The van der Waals surface area contributed by atoms with Crippen LogP contribution in [0.25, 0.3) is 0 Å². The zero-order valence-corrected chi connectivity index (χ0v) is 14.4. The van der Waals surface area contributed by atoms with Crippen LogP contribution in [0, 0.1) is 0 Å². The second-order valence-electron chi connectivity index (χ2n) is 5.45. The van der Waals surface area contributed by atoms with E-state index in [4.69, 9.17) is 9.47 Å². The maximum Gasteiger partial charge on any atom is 0.336 e. The van der Waals surface area contributed by atoms with Crippen LogP contribution in [0.5, 0.6) is 0 Å². The number of carbonyl (C=O) groups excluding carboxylic acids is 1. The molecule has 0 N–H and O–H groups in total. The fraction of sp³-hybridized carbons (Fsp3) is 0.733. The van der Waals surface area contributed by atoms with E-state index in [0.29, 0.717) is 26.1 Å². The standard InChI is InChI=1S/C15H25N3O6/c1-12(19)6-9-18-14(21)16(7-4-10-23-2)13(20)17(15(18)22)8-5-11-24-3/h4-11H2,1-3H3. The molecule has 1 rings (SSSR count). The van der Waals surface area contributed by atoms with Crippen molar-refractivity contribution in [1.29, 1.82) is 0 Å². The van der Waals surface area contributed by atoms with Crippen LogP contribution in [-0.2, 0) is 33.9 Å². The summed E-state index contributed by atoms with van der Waals surface area (Å²) in [6, 6.07) is 0. The van der Waals surface area contributed by atoms with Gasteiger partial charge in [-0.25, -0.2) is 28.1 Å². The van der Waals surface area contributed by atoms with E-state index in [1.807, 2.05) is 0 Å². The minimum atomic E-state index is -0.689. The Labute approximate surface area is 139 Å². The topological polar surface area (TPSA) is 102 Å². The summed E-state index contributed by atoms with van der Waals surface area (Å²) in [6.45, 7) is 2.43. The second kappa shape index (κ2) is 9.99. The van der Waals surface area contributed by atoms with Gasteiger partial charge >= 0.3 is 17.1 Å². The van der Waals surface area contributed by atoms with Crippen molar-refractivity contribution in [3.8, 4) is 0 Å². The Balaban J connectivity index is 3.30. The molecular weight excluding hydrogens is 318 g/mol. The third-order valence-electron chi connectivity index (χ3n) is 3.53. The molecule has 0 aliphatic rings. The third-order valence-corrected chi connectivity index (χ3v) is 3.53. The van der Waals surface area contributed by atoms with Gasteiger partial charge in [-0.1, -0.05) is 0 Å². The highest BCUT2D eigenvalue weighted by Gasteiger charge is 2.15.